The molecule has 13 heavy (non-hydrogen) atoms. The normalized spacial score (nSPS) is 15.4. The minimum Gasteiger partial charge on any atom is -0.383 e. The zero-order valence-electron chi connectivity index (χ0n) is 7.43. The van der Waals surface area contributed by atoms with Crippen molar-refractivity contribution in [1.82, 2.24) is 4.98 Å². The third-order valence-corrected chi connectivity index (χ3v) is 2.74. The van der Waals surface area contributed by atoms with Crippen LogP contribution in [0.15, 0.2) is 24.4 Å². The SMILES string of the molecule is c1cc2ccc3c(c2[nH]1)NCCC3. The number of hydrogen-bond acceptors (Lipinski definition) is 1. The molecule has 0 aliphatic carbocycles. The van der Waals surface area contributed by atoms with Crippen molar-refractivity contribution in [2.45, 2.75) is 12.8 Å². The van der Waals surface area contributed by atoms with E-state index in [1.54, 1.807) is 0 Å². The molecule has 2 aromatic rings. The molecule has 0 amide bonds. The summed E-state index contributed by atoms with van der Waals surface area (Å²) in [6.45, 7) is 1.10. The van der Waals surface area contributed by atoms with Crippen molar-refractivity contribution in [3.63, 3.8) is 0 Å². The van der Waals surface area contributed by atoms with Gasteiger partial charge in [-0.05, 0) is 24.5 Å². The largest absolute Gasteiger partial charge is 0.383 e. The van der Waals surface area contributed by atoms with Gasteiger partial charge in [0.2, 0.25) is 0 Å². The van der Waals surface area contributed by atoms with Gasteiger partial charge in [-0.1, -0.05) is 12.1 Å². The van der Waals surface area contributed by atoms with E-state index in [1.165, 1.54) is 35.0 Å². The first-order valence-electron chi connectivity index (χ1n) is 4.78. The summed E-state index contributed by atoms with van der Waals surface area (Å²) in [5.41, 5.74) is 4.02. The van der Waals surface area contributed by atoms with Gasteiger partial charge in [0, 0.05) is 18.1 Å². The van der Waals surface area contributed by atoms with Gasteiger partial charge in [-0.3, -0.25) is 0 Å². The fraction of sp³-hybridized carbons (Fsp3) is 0.273. The summed E-state index contributed by atoms with van der Waals surface area (Å²) >= 11 is 0. The predicted molar refractivity (Wildman–Crippen MR) is 55.1 cm³/mol. The summed E-state index contributed by atoms with van der Waals surface area (Å²) < 4.78 is 0. The number of aromatic amines is 1. The molecule has 2 heteroatoms. The van der Waals surface area contributed by atoms with E-state index in [9.17, 15) is 0 Å². The molecule has 1 aromatic carbocycles. The van der Waals surface area contributed by atoms with Gasteiger partial charge >= 0.3 is 0 Å². The molecule has 0 spiro atoms. The molecule has 0 saturated carbocycles. The second-order valence-electron chi connectivity index (χ2n) is 3.57. The quantitative estimate of drug-likeness (QED) is 0.628. The Morgan fingerprint density at radius 1 is 1.15 bits per heavy atom. The van der Waals surface area contributed by atoms with Crippen LogP contribution in [0.4, 0.5) is 5.69 Å². The fourth-order valence-corrected chi connectivity index (χ4v) is 2.07. The van der Waals surface area contributed by atoms with Crippen LogP contribution in [-0.2, 0) is 6.42 Å². The number of fused-ring (bicyclic) bond motifs is 3. The molecular weight excluding hydrogens is 160 g/mol. The van der Waals surface area contributed by atoms with E-state index in [2.05, 4.69) is 28.5 Å². The van der Waals surface area contributed by atoms with E-state index in [1.807, 2.05) is 6.20 Å². The molecule has 2 N–H and O–H groups in total. The van der Waals surface area contributed by atoms with Crippen molar-refractivity contribution in [1.29, 1.82) is 0 Å². The van der Waals surface area contributed by atoms with Crippen LogP contribution >= 0.6 is 0 Å². The van der Waals surface area contributed by atoms with Crippen LogP contribution < -0.4 is 5.32 Å². The first kappa shape index (κ1) is 7.01. The van der Waals surface area contributed by atoms with Crippen LogP contribution in [0.25, 0.3) is 10.9 Å². The molecule has 66 valence electrons. The average molecular weight is 172 g/mol. The summed E-state index contributed by atoms with van der Waals surface area (Å²) in [5.74, 6) is 0. The average Bonchev–Trinajstić information content (AvgIpc) is 2.65. The predicted octanol–water partition coefficient (Wildman–Crippen LogP) is 2.53. The Morgan fingerprint density at radius 2 is 2.15 bits per heavy atom. The zero-order chi connectivity index (χ0) is 8.67. The van der Waals surface area contributed by atoms with E-state index >= 15 is 0 Å². The van der Waals surface area contributed by atoms with Gasteiger partial charge in [0.1, 0.15) is 0 Å². The number of H-pyrrole nitrogens is 1. The van der Waals surface area contributed by atoms with Crippen LogP contribution in [0, 0.1) is 0 Å². The molecule has 3 rings (SSSR count). The lowest BCUT2D eigenvalue weighted by Crippen LogP contribution is -2.11. The van der Waals surface area contributed by atoms with E-state index in [4.69, 9.17) is 0 Å². The highest BCUT2D eigenvalue weighted by atomic mass is 14.9. The fourth-order valence-electron chi connectivity index (χ4n) is 2.07. The smallest absolute Gasteiger partial charge is 0.0692 e. The summed E-state index contributed by atoms with van der Waals surface area (Å²) in [5, 5.41) is 4.76. The van der Waals surface area contributed by atoms with Gasteiger partial charge in [0.25, 0.3) is 0 Å². The molecule has 2 heterocycles. The number of aryl methyl sites for hydroxylation is 1. The Hall–Kier alpha value is -1.44. The highest BCUT2D eigenvalue weighted by Gasteiger charge is 2.11. The number of rotatable bonds is 0. The lowest BCUT2D eigenvalue weighted by atomic mass is 10.0. The second kappa shape index (κ2) is 2.52. The lowest BCUT2D eigenvalue weighted by Gasteiger charge is -2.18. The summed E-state index contributed by atoms with van der Waals surface area (Å²) in [6.07, 6.45) is 4.46. The molecule has 0 radical (unpaired) electrons. The van der Waals surface area contributed by atoms with Crippen molar-refractivity contribution in [3.8, 4) is 0 Å². The van der Waals surface area contributed by atoms with Gasteiger partial charge in [0.15, 0.2) is 0 Å². The van der Waals surface area contributed by atoms with Gasteiger partial charge < -0.3 is 10.3 Å². The Kier molecular flexibility index (Phi) is 1.36. The maximum Gasteiger partial charge on any atom is 0.0692 e. The summed E-state index contributed by atoms with van der Waals surface area (Å²) in [6, 6.07) is 6.54. The summed E-state index contributed by atoms with van der Waals surface area (Å²) in [4.78, 5) is 3.29. The molecule has 0 fully saturated rings. The van der Waals surface area contributed by atoms with Gasteiger partial charge in [0.05, 0.1) is 11.2 Å². The number of benzene rings is 1. The molecule has 2 nitrogen and oxygen atoms in total. The second-order valence-corrected chi connectivity index (χ2v) is 3.57. The van der Waals surface area contributed by atoms with E-state index in [-0.39, 0.29) is 0 Å². The Labute approximate surface area is 77.0 Å². The van der Waals surface area contributed by atoms with Crippen LogP contribution in [-0.4, -0.2) is 11.5 Å². The van der Waals surface area contributed by atoms with Crippen molar-refractivity contribution in [3.05, 3.63) is 30.0 Å². The Bertz CT molecular complexity index is 442. The molecule has 1 aliphatic heterocycles. The van der Waals surface area contributed by atoms with Crippen LogP contribution in [0.3, 0.4) is 0 Å². The number of aromatic nitrogens is 1. The molecule has 0 atom stereocenters. The molecule has 0 unspecified atom stereocenters. The molecule has 0 saturated heterocycles. The maximum absolute atomic E-state index is 3.46. The van der Waals surface area contributed by atoms with Crippen LogP contribution in [0.5, 0.6) is 0 Å². The van der Waals surface area contributed by atoms with Gasteiger partial charge in [-0.15, -0.1) is 0 Å². The number of anilines is 1. The molecular formula is C11H12N2. The maximum atomic E-state index is 3.46. The van der Waals surface area contributed by atoms with E-state index in [0.717, 1.165) is 6.54 Å². The van der Waals surface area contributed by atoms with E-state index < -0.39 is 0 Å². The minimum absolute atomic E-state index is 1.10. The Balaban J connectivity index is 2.34. The molecule has 1 aromatic heterocycles. The standard InChI is InChI=1S/C11H12N2/c1-2-8-3-4-9-5-7-13-11(9)10(8)12-6-1/h3-5,7,12-13H,1-2,6H2. The van der Waals surface area contributed by atoms with Crippen LogP contribution in [0.1, 0.15) is 12.0 Å². The van der Waals surface area contributed by atoms with Crippen molar-refractivity contribution >= 4 is 16.6 Å². The van der Waals surface area contributed by atoms with E-state index in [0.29, 0.717) is 0 Å². The topological polar surface area (TPSA) is 27.8 Å². The third kappa shape index (κ3) is 0.949. The zero-order valence-corrected chi connectivity index (χ0v) is 7.43. The Morgan fingerprint density at radius 3 is 3.15 bits per heavy atom. The number of nitrogens with one attached hydrogen (secondary N) is 2. The highest BCUT2D eigenvalue weighted by Crippen LogP contribution is 2.29. The third-order valence-electron chi connectivity index (χ3n) is 2.74. The first-order valence-corrected chi connectivity index (χ1v) is 4.78. The van der Waals surface area contributed by atoms with Crippen LogP contribution in [0.2, 0.25) is 0 Å². The minimum atomic E-state index is 1.10. The monoisotopic (exact) mass is 172 g/mol. The van der Waals surface area contributed by atoms with Crippen molar-refractivity contribution < 1.29 is 0 Å². The molecule has 1 aliphatic rings. The van der Waals surface area contributed by atoms with Gasteiger partial charge in [-0.2, -0.15) is 0 Å². The molecule has 0 bridgehead atoms. The van der Waals surface area contributed by atoms with Gasteiger partial charge in [-0.25, -0.2) is 0 Å². The first-order chi connectivity index (χ1) is 6.45. The van der Waals surface area contributed by atoms with Crippen molar-refractivity contribution in [2.75, 3.05) is 11.9 Å². The lowest BCUT2D eigenvalue weighted by molar-refractivity contribution is 0.832. The highest BCUT2D eigenvalue weighted by molar-refractivity contribution is 5.93. The summed E-state index contributed by atoms with van der Waals surface area (Å²) in [7, 11) is 0. The number of hydrogen-bond donors (Lipinski definition) is 2. The van der Waals surface area contributed by atoms with Crippen molar-refractivity contribution in [2.24, 2.45) is 0 Å².